The van der Waals surface area contributed by atoms with Crippen LogP contribution in [0.15, 0.2) is 42.5 Å². The Morgan fingerprint density at radius 2 is 2.04 bits per heavy atom. The molecule has 0 saturated heterocycles. The highest BCUT2D eigenvalue weighted by Gasteiger charge is 2.34. The highest BCUT2D eigenvalue weighted by molar-refractivity contribution is 7.80. The fourth-order valence-corrected chi connectivity index (χ4v) is 3.37. The summed E-state index contributed by atoms with van der Waals surface area (Å²) in [5, 5.41) is 7.25. The van der Waals surface area contributed by atoms with Gasteiger partial charge in [0, 0.05) is 23.7 Å². The Kier molecular flexibility index (Phi) is 4.86. The summed E-state index contributed by atoms with van der Waals surface area (Å²) in [6, 6.07) is 14.1. The summed E-state index contributed by atoms with van der Waals surface area (Å²) in [5.74, 6) is 1.72. The van der Waals surface area contributed by atoms with E-state index in [1.807, 2.05) is 24.3 Å². The number of anilines is 1. The van der Waals surface area contributed by atoms with Gasteiger partial charge in [-0.15, -0.1) is 0 Å². The third-order valence-corrected chi connectivity index (χ3v) is 4.48. The molecule has 1 aliphatic heterocycles. The van der Waals surface area contributed by atoms with Crippen LogP contribution < -0.4 is 20.1 Å². The molecule has 0 radical (unpaired) electrons. The van der Waals surface area contributed by atoms with Gasteiger partial charge in [0.15, 0.2) is 5.11 Å². The maximum atomic E-state index is 6.14. The second-order valence-electron chi connectivity index (χ2n) is 6.99. The molecule has 1 heterocycles. The summed E-state index contributed by atoms with van der Waals surface area (Å²) in [4.78, 5) is 0. The third-order valence-electron chi connectivity index (χ3n) is 4.26. The standard InChI is InChI=1S/C20H24N2O2S/c1-13-8-9-16-17(12-20(2,3)24-18(16)10-13)22-19(25)21-14-6-5-7-15(11-14)23-4/h5-11,17H,12H2,1-4H3,(H2,21,22,25). The van der Waals surface area contributed by atoms with Crippen molar-refractivity contribution in [2.45, 2.75) is 38.8 Å². The van der Waals surface area contributed by atoms with Gasteiger partial charge in [-0.25, -0.2) is 0 Å². The molecule has 0 saturated carbocycles. The van der Waals surface area contributed by atoms with Crippen molar-refractivity contribution < 1.29 is 9.47 Å². The van der Waals surface area contributed by atoms with Gasteiger partial charge in [-0.1, -0.05) is 18.2 Å². The lowest BCUT2D eigenvalue weighted by Crippen LogP contribution is -2.42. The zero-order valence-corrected chi connectivity index (χ0v) is 15.9. The molecule has 1 unspecified atom stereocenters. The molecular formula is C20H24N2O2S. The molecule has 0 bridgehead atoms. The molecule has 2 aromatic rings. The SMILES string of the molecule is COc1cccc(NC(=S)NC2CC(C)(C)Oc3cc(C)ccc32)c1. The Balaban J connectivity index is 1.76. The minimum Gasteiger partial charge on any atom is -0.497 e. The third kappa shape index (κ3) is 4.23. The van der Waals surface area contributed by atoms with Gasteiger partial charge in [0.1, 0.15) is 17.1 Å². The first-order chi connectivity index (χ1) is 11.9. The van der Waals surface area contributed by atoms with E-state index in [-0.39, 0.29) is 11.6 Å². The number of rotatable bonds is 3. The maximum absolute atomic E-state index is 6.14. The molecule has 5 heteroatoms. The molecule has 0 spiro atoms. The van der Waals surface area contributed by atoms with Gasteiger partial charge in [-0.3, -0.25) is 0 Å². The first-order valence-electron chi connectivity index (χ1n) is 8.37. The fraction of sp³-hybridized carbons (Fsp3) is 0.350. The normalized spacial score (nSPS) is 17.8. The molecule has 132 valence electrons. The Morgan fingerprint density at radius 1 is 1.24 bits per heavy atom. The van der Waals surface area contributed by atoms with Crippen molar-refractivity contribution in [1.82, 2.24) is 5.32 Å². The van der Waals surface area contributed by atoms with Crippen LogP contribution in [0.4, 0.5) is 5.69 Å². The van der Waals surface area contributed by atoms with E-state index in [1.54, 1.807) is 7.11 Å². The maximum Gasteiger partial charge on any atom is 0.171 e. The summed E-state index contributed by atoms with van der Waals surface area (Å²) in [5.41, 5.74) is 2.98. The Morgan fingerprint density at radius 3 is 2.80 bits per heavy atom. The van der Waals surface area contributed by atoms with Crippen LogP contribution in [0.25, 0.3) is 0 Å². The van der Waals surface area contributed by atoms with E-state index < -0.39 is 0 Å². The molecular weight excluding hydrogens is 332 g/mol. The minimum absolute atomic E-state index is 0.102. The number of benzene rings is 2. The zero-order chi connectivity index (χ0) is 18.0. The predicted molar refractivity (Wildman–Crippen MR) is 106 cm³/mol. The molecule has 0 aromatic heterocycles. The van der Waals surface area contributed by atoms with Gasteiger partial charge in [-0.2, -0.15) is 0 Å². The van der Waals surface area contributed by atoms with Crippen molar-refractivity contribution in [3.63, 3.8) is 0 Å². The van der Waals surface area contributed by atoms with Crippen LogP contribution >= 0.6 is 12.2 Å². The van der Waals surface area contributed by atoms with Crippen LogP contribution in [-0.2, 0) is 0 Å². The van der Waals surface area contributed by atoms with Crippen LogP contribution in [0.1, 0.15) is 37.4 Å². The van der Waals surface area contributed by atoms with Gasteiger partial charge in [0.05, 0.1) is 13.2 Å². The van der Waals surface area contributed by atoms with E-state index in [4.69, 9.17) is 21.7 Å². The van der Waals surface area contributed by atoms with Crippen molar-refractivity contribution in [2.75, 3.05) is 12.4 Å². The van der Waals surface area contributed by atoms with E-state index in [9.17, 15) is 0 Å². The largest absolute Gasteiger partial charge is 0.497 e. The smallest absolute Gasteiger partial charge is 0.171 e. The first-order valence-corrected chi connectivity index (χ1v) is 8.78. The lowest BCUT2D eigenvalue weighted by atomic mass is 9.89. The first kappa shape index (κ1) is 17.5. The average molecular weight is 356 g/mol. The molecule has 0 aliphatic carbocycles. The highest BCUT2D eigenvalue weighted by atomic mass is 32.1. The van der Waals surface area contributed by atoms with Gasteiger partial charge < -0.3 is 20.1 Å². The van der Waals surface area contributed by atoms with Crippen molar-refractivity contribution >= 4 is 23.0 Å². The lowest BCUT2D eigenvalue weighted by Gasteiger charge is -2.38. The lowest BCUT2D eigenvalue weighted by molar-refractivity contribution is 0.0696. The van der Waals surface area contributed by atoms with Crippen LogP contribution in [0.5, 0.6) is 11.5 Å². The summed E-state index contributed by atoms with van der Waals surface area (Å²) in [7, 11) is 1.65. The molecule has 4 nitrogen and oxygen atoms in total. The van der Waals surface area contributed by atoms with Gasteiger partial charge in [0.25, 0.3) is 0 Å². The van der Waals surface area contributed by atoms with Crippen LogP contribution in [0, 0.1) is 6.92 Å². The van der Waals surface area contributed by atoms with E-state index in [2.05, 4.69) is 49.6 Å². The predicted octanol–water partition coefficient (Wildman–Crippen LogP) is 4.59. The molecule has 1 aliphatic rings. The van der Waals surface area contributed by atoms with Crippen molar-refractivity contribution in [1.29, 1.82) is 0 Å². The number of hydrogen-bond acceptors (Lipinski definition) is 3. The second-order valence-corrected chi connectivity index (χ2v) is 7.40. The molecule has 0 amide bonds. The Bertz CT molecular complexity index is 789. The summed E-state index contributed by atoms with van der Waals surface area (Å²) < 4.78 is 11.4. The fourth-order valence-electron chi connectivity index (χ4n) is 3.11. The molecule has 0 fully saturated rings. The second kappa shape index (κ2) is 6.92. The summed E-state index contributed by atoms with van der Waals surface area (Å²) in [6.07, 6.45) is 0.836. The average Bonchev–Trinajstić information content (AvgIpc) is 2.53. The number of aryl methyl sites for hydroxylation is 1. The summed E-state index contributed by atoms with van der Waals surface area (Å²) in [6.45, 7) is 6.28. The van der Waals surface area contributed by atoms with Crippen molar-refractivity contribution in [3.8, 4) is 11.5 Å². The van der Waals surface area contributed by atoms with Crippen molar-refractivity contribution in [2.24, 2.45) is 0 Å². The molecule has 2 aromatic carbocycles. The van der Waals surface area contributed by atoms with Crippen LogP contribution in [0.3, 0.4) is 0 Å². The number of nitrogens with one attached hydrogen (secondary N) is 2. The van der Waals surface area contributed by atoms with Gasteiger partial charge in [0.2, 0.25) is 0 Å². The van der Waals surface area contributed by atoms with E-state index in [1.165, 1.54) is 5.56 Å². The number of ether oxygens (including phenoxy) is 2. The van der Waals surface area contributed by atoms with Crippen LogP contribution in [-0.4, -0.2) is 17.8 Å². The van der Waals surface area contributed by atoms with E-state index >= 15 is 0 Å². The van der Waals surface area contributed by atoms with Crippen molar-refractivity contribution in [3.05, 3.63) is 53.6 Å². The Labute approximate surface area is 154 Å². The minimum atomic E-state index is -0.246. The topological polar surface area (TPSA) is 42.5 Å². The van der Waals surface area contributed by atoms with E-state index in [0.29, 0.717) is 5.11 Å². The zero-order valence-electron chi connectivity index (χ0n) is 15.1. The quantitative estimate of drug-likeness (QED) is 0.787. The van der Waals surface area contributed by atoms with E-state index in [0.717, 1.165) is 29.2 Å². The Hall–Kier alpha value is -2.27. The number of fused-ring (bicyclic) bond motifs is 1. The molecule has 25 heavy (non-hydrogen) atoms. The molecule has 2 N–H and O–H groups in total. The van der Waals surface area contributed by atoms with Crippen LogP contribution in [0.2, 0.25) is 0 Å². The highest BCUT2D eigenvalue weighted by Crippen LogP contribution is 2.39. The number of hydrogen-bond donors (Lipinski definition) is 2. The summed E-state index contributed by atoms with van der Waals surface area (Å²) >= 11 is 5.52. The number of methoxy groups -OCH3 is 1. The molecule has 3 rings (SSSR count). The van der Waals surface area contributed by atoms with Gasteiger partial charge >= 0.3 is 0 Å². The van der Waals surface area contributed by atoms with Gasteiger partial charge in [-0.05, 0) is 56.8 Å². The monoisotopic (exact) mass is 356 g/mol. The molecule has 1 atom stereocenters. The number of thiocarbonyl (C=S) groups is 1.